The third-order valence-corrected chi connectivity index (χ3v) is 6.94. The highest BCUT2D eigenvalue weighted by atomic mass is 35.5. The van der Waals surface area contributed by atoms with Crippen LogP contribution in [0.5, 0.6) is 11.6 Å². The number of aryl methyl sites for hydroxylation is 2. The number of carbonyl (C=O) groups is 1. The minimum Gasteiger partial charge on any atom is -0.491 e. The van der Waals surface area contributed by atoms with Crippen LogP contribution in [0.25, 0.3) is 0 Å². The lowest BCUT2D eigenvalue weighted by molar-refractivity contribution is -0.157. The number of hydrogen-bond donors (Lipinski definition) is 0. The third kappa shape index (κ3) is 5.85. The number of benzene rings is 1. The Morgan fingerprint density at radius 1 is 1.18 bits per heavy atom. The van der Waals surface area contributed by atoms with Crippen molar-refractivity contribution in [1.82, 2.24) is 19.6 Å². The fourth-order valence-corrected chi connectivity index (χ4v) is 5.05. The molecular weight excluding hydrogens is 456 g/mol. The molecule has 2 aliphatic heterocycles. The number of carbonyl (C=O) groups excluding carboxylic acids is 1. The molecule has 2 aliphatic rings. The number of morpholine rings is 1. The highest BCUT2D eigenvalue weighted by molar-refractivity contribution is 6.30. The fourth-order valence-electron chi connectivity index (χ4n) is 4.92. The number of likely N-dealkylation sites (tertiary alicyclic amines) is 1. The van der Waals surface area contributed by atoms with Gasteiger partial charge in [0.05, 0.1) is 31.4 Å². The van der Waals surface area contributed by atoms with E-state index in [1.54, 1.807) is 23.9 Å². The Labute approximate surface area is 206 Å². The lowest BCUT2D eigenvalue weighted by Gasteiger charge is -2.43. The molecule has 2 saturated heterocycles. The Morgan fingerprint density at radius 3 is 2.62 bits per heavy atom. The highest BCUT2D eigenvalue weighted by Crippen LogP contribution is 2.29. The van der Waals surface area contributed by atoms with E-state index in [1.165, 1.54) is 6.42 Å². The minimum absolute atomic E-state index is 0.136. The first-order chi connectivity index (χ1) is 16.4. The van der Waals surface area contributed by atoms with E-state index in [4.69, 9.17) is 25.8 Å². The molecule has 4 rings (SSSR count). The zero-order valence-corrected chi connectivity index (χ0v) is 21.1. The second kappa shape index (κ2) is 11.0. The summed E-state index contributed by atoms with van der Waals surface area (Å²) < 4.78 is 19.8. The minimum atomic E-state index is -0.740. The summed E-state index contributed by atoms with van der Waals surface area (Å²) in [6.45, 7) is 6.47. The standard InChI is InChI=1S/C25H35ClN4O4/c1-19-22(24(32-3)28(2)27-19)16-29-13-14-34-25(17-29,15-23(31)30-11-5-4-6-12-30)18-33-21-9-7-20(26)8-10-21/h7-10H,4-6,11-18H2,1-3H3/t25-/m1/s1. The molecule has 0 saturated carbocycles. The van der Waals surface area contributed by atoms with Crippen molar-refractivity contribution in [2.45, 2.75) is 44.8 Å². The van der Waals surface area contributed by atoms with Gasteiger partial charge in [0.1, 0.15) is 18.0 Å². The number of amides is 1. The highest BCUT2D eigenvalue weighted by Gasteiger charge is 2.41. The van der Waals surface area contributed by atoms with Gasteiger partial charge in [0.25, 0.3) is 0 Å². The van der Waals surface area contributed by atoms with Crippen molar-refractivity contribution in [3.63, 3.8) is 0 Å². The van der Waals surface area contributed by atoms with Gasteiger partial charge in [0.2, 0.25) is 11.8 Å². The van der Waals surface area contributed by atoms with Gasteiger partial charge < -0.3 is 19.1 Å². The van der Waals surface area contributed by atoms with Gasteiger partial charge in [-0.15, -0.1) is 0 Å². The van der Waals surface area contributed by atoms with Crippen molar-refractivity contribution < 1.29 is 19.0 Å². The number of piperidine rings is 1. The van der Waals surface area contributed by atoms with Crippen LogP contribution < -0.4 is 9.47 Å². The fraction of sp³-hybridized carbons (Fsp3) is 0.600. The van der Waals surface area contributed by atoms with E-state index < -0.39 is 5.60 Å². The second-order valence-electron chi connectivity index (χ2n) is 9.30. The monoisotopic (exact) mass is 490 g/mol. The number of ether oxygens (including phenoxy) is 3. The van der Waals surface area contributed by atoms with Gasteiger partial charge in [0.15, 0.2) is 0 Å². The smallest absolute Gasteiger partial charge is 0.225 e. The molecule has 0 aliphatic carbocycles. The van der Waals surface area contributed by atoms with Crippen LogP contribution in [0.4, 0.5) is 0 Å². The molecule has 2 aromatic rings. The average Bonchev–Trinajstić information content (AvgIpc) is 3.11. The predicted molar refractivity (Wildman–Crippen MR) is 130 cm³/mol. The Bertz CT molecular complexity index is 974. The molecule has 34 heavy (non-hydrogen) atoms. The van der Waals surface area contributed by atoms with Crippen molar-refractivity contribution in [2.24, 2.45) is 7.05 Å². The van der Waals surface area contributed by atoms with E-state index in [9.17, 15) is 4.79 Å². The molecule has 3 heterocycles. The van der Waals surface area contributed by atoms with Crippen molar-refractivity contribution in [3.05, 3.63) is 40.5 Å². The van der Waals surface area contributed by atoms with Crippen molar-refractivity contribution >= 4 is 17.5 Å². The van der Waals surface area contributed by atoms with Crippen LogP contribution in [0, 0.1) is 6.92 Å². The van der Waals surface area contributed by atoms with Crippen molar-refractivity contribution in [1.29, 1.82) is 0 Å². The van der Waals surface area contributed by atoms with Crippen LogP contribution in [-0.2, 0) is 23.1 Å². The summed E-state index contributed by atoms with van der Waals surface area (Å²) in [5, 5.41) is 5.17. The van der Waals surface area contributed by atoms with Gasteiger partial charge in [0, 0.05) is 44.8 Å². The molecule has 0 spiro atoms. The zero-order valence-electron chi connectivity index (χ0n) is 20.4. The number of nitrogens with zero attached hydrogens (tertiary/aromatic N) is 4. The number of methoxy groups -OCH3 is 1. The van der Waals surface area contributed by atoms with Crippen LogP contribution >= 0.6 is 11.6 Å². The maximum absolute atomic E-state index is 13.3. The van der Waals surface area contributed by atoms with Crippen LogP contribution in [0.2, 0.25) is 5.02 Å². The molecule has 9 heteroatoms. The van der Waals surface area contributed by atoms with Crippen LogP contribution in [0.1, 0.15) is 36.9 Å². The van der Waals surface area contributed by atoms with Gasteiger partial charge in [-0.05, 0) is 50.5 Å². The van der Waals surface area contributed by atoms with Crippen LogP contribution in [0.3, 0.4) is 0 Å². The van der Waals surface area contributed by atoms with Gasteiger partial charge in [-0.25, -0.2) is 4.68 Å². The molecular formula is C25H35ClN4O4. The molecule has 0 bridgehead atoms. The van der Waals surface area contributed by atoms with Crippen LogP contribution in [-0.4, -0.2) is 77.6 Å². The summed E-state index contributed by atoms with van der Waals surface area (Å²) >= 11 is 6.02. The zero-order chi connectivity index (χ0) is 24.1. The summed E-state index contributed by atoms with van der Waals surface area (Å²) in [5.41, 5.74) is 1.26. The maximum Gasteiger partial charge on any atom is 0.225 e. The molecule has 0 N–H and O–H groups in total. The van der Waals surface area contributed by atoms with Gasteiger partial charge in [-0.1, -0.05) is 11.6 Å². The number of halogens is 1. The van der Waals surface area contributed by atoms with E-state index in [-0.39, 0.29) is 12.5 Å². The Morgan fingerprint density at radius 2 is 1.91 bits per heavy atom. The third-order valence-electron chi connectivity index (χ3n) is 6.69. The quantitative estimate of drug-likeness (QED) is 0.564. The van der Waals surface area contributed by atoms with Crippen molar-refractivity contribution in [3.8, 4) is 11.6 Å². The number of hydrogen-bond acceptors (Lipinski definition) is 6. The maximum atomic E-state index is 13.3. The number of aromatic nitrogens is 2. The Balaban J connectivity index is 1.52. The predicted octanol–water partition coefficient (Wildman–Crippen LogP) is 3.44. The lowest BCUT2D eigenvalue weighted by Crippen LogP contribution is -2.57. The molecule has 0 radical (unpaired) electrons. The summed E-state index contributed by atoms with van der Waals surface area (Å²) in [6.07, 6.45) is 3.60. The first kappa shape index (κ1) is 24.8. The van der Waals surface area contributed by atoms with Gasteiger partial charge in [-0.3, -0.25) is 9.69 Å². The molecule has 1 atom stereocenters. The van der Waals surface area contributed by atoms with E-state index in [1.807, 2.05) is 31.0 Å². The lowest BCUT2D eigenvalue weighted by atomic mass is 9.95. The molecule has 186 valence electrons. The van der Waals surface area contributed by atoms with E-state index in [0.29, 0.717) is 36.9 Å². The first-order valence-corrected chi connectivity index (χ1v) is 12.4. The van der Waals surface area contributed by atoms with E-state index in [0.717, 1.165) is 49.6 Å². The first-order valence-electron chi connectivity index (χ1n) is 12.0. The summed E-state index contributed by atoms with van der Waals surface area (Å²) in [4.78, 5) is 17.6. The SMILES string of the molecule is COc1c(CN2CCO[C@](COc3ccc(Cl)cc3)(CC(=O)N3CCCCC3)C2)c(C)nn1C. The molecule has 1 aromatic carbocycles. The molecule has 2 fully saturated rings. The summed E-state index contributed by atoms with van der Waals surface area (Å²) in [6, 6.07) is 7.28. The Kier molecular flexibility index (Phi) is 8.01. The molecule has 8 nitrogen and oxygen atoms in total. The normalized spacial score (nSPS) is 21.5. The molecule has 1 aromatic heterocycles. The molecule has 0 unspecified atom stereocenters. The topological polar surface area (TPSA) is 69.1 Å². The summed E-state index contributed by atoms with van der Waals surface area (Å²) in [7, 11) is 3.55. The van der Waals surface area contributed by atoms with E-state index in [2.05, 4.69) is 10.00 Å². The van der Waals surface area contributed by atoms with Crippen molar-refractivity contribution in [2.75, 3.05) is 46.5 Å². The summed E-state index contributed by atoms with van der Waals surface area (Å²) in [5.74, 6) is 1.60. The molecule has 1 amide bonds. The second-order valence-corrected chi connectivity index (χ2v) is 9.74. The largest absolute Gasteiger partial charge is 0.491 e. The number of rotatable bonds is 8. The van der Waals surface area contributed by atoms with Gasteiger partial charge >= 0.3 is 0 Å². The van der Waals surface area contributed by atoms with Gasteiger partial charge in [-0.2, -0.15) is 5.10 Å². The average molecular weight is 491 g/mol. The van der Waals surface area contributed by atoms with Crippen LogP contribution in [0.15, 0.2) is 24.3 Å². The van der Waals surface area contributed by atoms with E-state index >= 15 is 0 Å². The Hall–Kier alpha value is -2.29.